The van der Waals surface area contributed by atoms with Gasteiger partial charge in [0.15, 0.2) is 0 Å². The molecule has 35 heavy (non-hydrogen) atoms. The predicted octanol–water partition coefficient (Wildman–Crippen LogP) is 5.91. The van der Waals surface area contributed by atoms with Crippen molar-refractivity contribution in [2.75, 3.05) is 0 Å². The van der Waals surface area contributed by atoms with Crippen LogP contribution < -0.4 is 4.74 Å². The van der Waals surface area contributed by atoms with Crippen molar-refractivity contribution in [3.8, 4) is 28.5 Å². The third-order valence-electron chi connectivity index (χ3n) is 6.08. The molecule has 2 N–H and O–H groups in total. The molecule has 3 aromatic carbocycles. The highest BCUT2D eigenvalue weighted by atomic mass is 16.5. The first-order valence-electron chi connectivity index (χ1n) is 11.2. The van der Waals surface area contributed by atoms with Crippen LogP contribution in [0, 0.1) is 0 Å². The molecular weight excluding hydrogens is 442 g/mol. The van der Waals surface area contributed by atoms with Crippen molar-refractivity contribution in [2.24, 2.45) is 0 Å². The molecule has 0 saturated carbocycles. The van der Waals surface area contributed by atoms with E-state index >= 15 is 0 Å². The average molecular weight is 463 g/mol. The molecule has 0 unspecified atom stereocenters. The molecule has 6 rings (SSSR count). The van der Waals surface area contributed by atoms with Crippen LogP contribution >= 0.6 is 0 Å². The Balaban J connectivity index is 1.47. The summed E-state index contributed by atoms with van der Waals surface area (Å²) in [6, 6.07) is 27.4. The number of ether oxygens (including phenoxy) is 1. The summed E-state index contributed by atoms with van der Waals surface area (Å²) in [6.45, 7) is 0.281. The third-order valence-corrected chi connectivity index (χ3v) is 6.08. The molecule has 3 heterocycles. The minimum absolute atomic E-state index is 0.0960. The number of nitrogens with zero attached hydrogens (tertiary/aromatic N) is 2. The Kier molecular flexibility index (Phi) is 5.07. The first-order valence-corrected chi connectivity index (χ1v) is 11.2. The molecule has 0 bridgehead atoms. The van der Waals surface area contributed by atoms with Crippen molar-refractivity contribution in [3.05, 3.63) is 120 Å². The summed E-state index contributed by atoms with van der Waals surface area (Å²) in [4.78, 5) is 15.3. The van der Waals surface area contributed by atoms with E-state index in [0.717, 1.165) is 11.3 Å². The summed E-state index contributed by atoms with van der Waals surface area (Å²) in [5, 5.41) is 17.9. The third kappa shape index (κ3) is 3.73. The van der Waals surface area contributed by atoms with E-state index in [1.807, 2.05) is 66.7 Å². The summed E-state index contributed by atoms with van der Waals surface area (Å²) in [7, 11) is 0. The molecule has 172 valence electrons. The number of amides is 1. The van der Waals surface area contributed by atoms with Gasteiger partial charge in [-0.1, -0.05) is 42.5 Å². The average Bonchev–Trinajstić information content (AvgIpc) is 3.60. The second-order valence-electron chi connectivity index (χ2n) is 8.28. The standard InChI is InChI=1S/C28H21N3O4/c32-23-14-5-4-13-22(23)25-24-26(30-29-25)28(33)31(17-21-12-7-15-34-21)27(24)18-8-6-11-20(16-18)35-19-9-2-1-3-10-19/h1-16,27,32H,17H2,(H,29,30)/t27-/m0/s1. The van der Waals surface area contributed by atoms with Gasteiger partial charge < -0.3 is 19.2 Å². The number of nitrogens with one attached hydrogen (secondary N) is 1. The number of furan rings is 1. The van der Waals surface area contributed by atoms with Crippen LogP contribution in [0.25, 0.3) is 11.3 Å². The number of phenols is 1. The zero-order chi connectivity index (χ0) is 23.8. The summed E-state index contributed by atoms with van der Waals surface area (Å²) in [5.41, 5.74) is 3.05. The molecule has 1 amide bonds. The van der Waals surface area contributed by atoms with Gasteiger partial charge in [-0.3, -0.25) is 9.89 Å². The summed E-state index contributed by atoms with van der Waals surface area (Å²) < 4.78 is 11.6. The molecule has 0 aliphatic carbocycles. The van der Waals surface area contributed by atoms with Gasteiger partial charge >= 0.3 is 0 Å². The first-order chi connectivity index (χ1) is 17.2. The highest BCUT2D eigenvalue weighted by Crippen LogP contribution is 2.45. The molecule has 1 atom stereocenters. The van der Waals surface area contributed by atoms with E-state index in [2.05, 4.69) is 10.2 Å². The number of aromatic hydroxyl groups is 1. The predicted molar refractivity (Wildman–Crippen MR) is 129 cm³/mol. The Morgan fingerprint density at radius 1 is 0.943 bits per heavy atom. The number of para-hydroxylation sites is 2. The van der Waals surface area contributed by atoms with Crippen LogP contribution in [0.5, 0.6) is 17.2 Å². The van der Waals surface area contributed by atoms with Gasteiger partial charge in [0.1, 0.15) is 34.4 Å². The number of hydrogen-bond donors (Lipinski definition) is 2. The fraction of sp³-hybridized carbons (Fsp3) is 0.0714. The van der Waals surface area contributed by atoms with Crippen molar-refractivity contribution in [1.29, 1.82) is 0 Å². The van der Waals surface area contributed by atoms with Gasteiger partial charge in [0.25, 0.3) is 5.91 Å². The van der Waals surface area contributed by atoms with Crippen molar-refractivity contribution in [1.82, 2.24) is 15.1 Å². The van der Waals surface area contributed by atoms with E-state index in [1.54, 1.807) is 35.4 Å². The minimum Gasteiger partial charge on any atom is -0.507 e. The molecule has 0 radical (unpaired) electrons. The Morgan fingerprint density at radius 3 is 2.54 bits per heavy atom. The number of phenolic OH excluding ortho intramolecular Hbond substituents is 1. The van der Waals surface area contributed by atoms with Crippen LogP contribution in [0.4, 0.5) is 0 Å². The van der Waals surface area contributed by atoms with E-state index in [9.17, 15) is 9.90 Å². The molecule has 0 spiro atoms. The molecule has 5 aromatic rings. The van der Waals surface area contributed by atoms with Gasteiger partial charge in [-0.15, -0.1) is 0 Å². The van der Waals surface area contributed by atoms with E-state index in [4.69, 9.17) is 9.15 Å². The fourth-order valence-electron chi connectivity index (χ4n) is 4.53. The maximum Gasteiger partial charge on any atom is 0.273 e. The highest BCUT2D eigenvalue weighted by Gasteiger charge is 2.43. The van der Waals surface area contributed by atoms with Crippen molar-refractivity contribution >= 4 is 5.91 Å². The number of rotatable bonds is 6. The van der Waals surface area contributed by atoms with E-state index in [1.165, 1.54) is 0 Å². The van der Waals surface area contributed by atoms with E-state index < -0.39 is 6.04 Å². The van der Waals surface area contributed by atoms with Gasteiger partial charge in [-0.25, -0.2) is 0 Å². The summed E-state index contributed by atoms with van der Waals surface area (Å²) >= 11 is 0. The Morgan fingerprint density at radius 2 is 1.74 bits per heavy atom. The van der Waals surface area contributed by atoms with Gasteiger partial charge in [-0.2, -0.15) is 5.10 Å². The van der Waals surface area contributed by atoms with E-state index in [0.29, 0.717) is 34.0 Å². The lowest BCUT2D eigenvalue weighted by molar-refractivity contribution is 0.0717. The number of carbonyl (C=O) groups is 1. The quantitative estimate of drug-likeness (QED) is 0.326. The van der Waals surface area contributed by atoms with Crippen LogP contribution in [0.3, 0.4) is 0 Å². The van der Waals surface area contributed by atoms with E-state index in [-0.39, 0.29) is 18.2 Å². The molecular formula is C28H21N3O4. The molecule has 7 heteroatoms. The normalized spacial score (nSPS) is 14.8. The van der Waals surface area contributed by atoms with Gasteiger partial charge in [0.2, 0.25) is 0 Å². The molecule has 1 aliphatic rings. The SMILES string of the molecule is O=C1c2[nH]nc(-c3ccccc3O)c2[C@H](c2cccc(Oc3ccccc3)c2)N1Cc1ccco1. The first kappa shape index (κ1) is 20.8. The van der Waals surface area contributed by atoms with Gasteiger partial charge in [0, 0.05) is 11.1 Å². The molecule has 2 aromatic heterocycles. The smallest absolute Gasteiger partial charge is 0.273 e. The van der Waals surface area contributed by atoms with Gasteiger partial charge in [0.05, 0.1) is 18.8 Å². The van der Waals surface area contributed by atoms with Crippen molar-refractivity contribution < 1.29 is 19.1 Å². The molecule has 0 fully saturated rings. The van der Waals surface area contributed by atoms with Crippen LogP contribution in [0.1, 0.15) is 33.4 Å². The molecule has 0 saturated heterocycles. The number of aromatic amines is 1. The minimum atomic E-state index is -0.463. The number of benzene rings is 3. The number of H-pyrrole nitrogens is 1. The maximum atomic E-state index is 13.5. The van der Waals surface area contributed by atoms with Crippen LogP contribution in [-0.2, 0) is 6.54 Å². The molecule has 7 nitrogen and oxygen atoms in total. The van der Waals surface area contributed by atoms with Crippen molar-refractivity contribution in [3.63, 3.8) is 0 Å². The van der Waals surface area contributed by atoms with Crippen LogP contribution in [0.2, 0.25) is 0 Å². The summed E-state index contributed by atoms with van der Waals surface area (Å²) in [6.07, 6.45) is 1.59. The maximum absolute atomic E-state index is 13.5. The lowest BCUT2D eigenvalue weighted by Crippen LogP contribution is -2.29. The Hall–Kier alpha value is -4.78. The zero-order valence-corrected chi connectivity index (χ0v) is 18.6. The largest absolute Gasteiger partial charge is 0.507 e. The second-order valence-corrected chi connectivity index (χ2v) is 8.28. The zero-order valence-electron chi connectivity index (χ0n) is 18.6. The Bertz CT molecular complexity index is 1490. The topological polar surface area (TPSA) is 91.6 Å². The van der Waals surface area contributed by atoms with Crippen LogP contribution in [0.15, 0.2) is 102 Å². The number of fused-ring (bicyclic) bond motifs is 1. The monoisotopic (exact) mass is 463 g/mol. The fourth-order valence-corrected chi connectivity index (χ4v) is 4.53. The number of aromatic nitrogens is 2. The van der Waals surface area contributed by atoms with Crippen LogP contribution in [-0.4, -0.2) is 26.1 Å². The second kappa shape index (κ2) is 8.53. The number of carbonyl (C=O) groups excluding carboxylic acids is 1. The van der Waals surface area contributed by atoms with Gasteiger partial charge in [-0.05, 0) is 54.1 Å². The lowest BCUT2D eigenvalue weighted by Gasteiger charge is -2.26. The lowest BCUT2D eigenvalue weighted by atomic mass is 9.95. The Labute approximate surface area is 201 Å². The highest BCUT2D eigenvalue weighted by molar-refractivity contribution is 6.00. The van der Waals surface area contributed by atoms with Crippen molar-refractivity contribution in [2.45, 2.75) is 12.6 Å². The number of hydrogen-bond acceptors (Lipinski definition) is 5. The summed E-state index contributed by atoms with van der Waals surface area (Å²) in [5.74, 6) is 1.95. The molecule has 1 aliphatic heterocycles.